The summed E-state index contributed by atoms with van der Waals surface area (Å²) < 4.78 is 5.56. The molecule has 0 aliphatic rings. The molecule has 0 fully saturated rings. The van der Waals surface area contributed by atoms with Crippen molar-refractivity contribution in [3.63, 3.8) is 0 Å². The summed E-state index contributed by atoms with van der Waals surface area (Å²) in [5.74, 6) is 0.892. The number of nitrogens with zero attached hydrogens (tertiary/aromatic N) is 5. The van der Waals surface area contributed by atoms with Crippen LogP contribution in [-0.4, -0.2) is 41.2 Å². The number of hydrogen-bond donors (Lipinski definition) is 1. The number of nitrogens with one attached hydrogen (secondary N) is 1. The Balaban J connectivity index is 2.97. The van der Waals surface area contributed by atoms with E-state index in [2.05, 4.69) is 33.3 Å². The minimum Gasteiger partial charge on any atom is -0.461 e. The molecule has 1 rings (SSSR count). The van der Waals surface area contributed by atoms with Gasteiger partial charge in [0.2, 0.25) is 11.9 Å². The molecule has 0 aliphatic carbocycles. The summed E-state index contributed by atoms with van der Waals surface area (Å²) in [6.45, 7) is 9.10. The normalized spacial score (nSPS) is 11.9. The summed E-state index contributed by atoms with van der Waals surface area (Å²) >= 11 is 0. The first-order valence-electron chi connectivity index (χ1n) is 7.23. The molecule has 0 saturated carbocycles. The Morgan fingerprint density at radius 1 is 1.29 bits per heavy atom. The van der Waals surface area contributed by atoms with Crippen molar-refractivity contribution in [2.75, 3.05) is 30.4 Å². The minimum atomic E-state index is -0.103. The lowest BCUT2D eigenvalue weighted by Crippen LogP contribution is -2.26. The van der Waals surface area contributed by atoms with Crippen molar-refractivity contribution < 1.29 is 4.74 Å². The van der Waals surface area contributed by atoms with Crippen molar-refractivity contribution in [3.8, 4) is 12.1 Å². The monoisotopic (exact) mass is 292 g/mol. The third-order valence-electron chi connectivity index (χ3n) is 2.59. The zero-order chi connectivity index (χ0) is 15.8. The van der Waals surface area contributed by atoms with Crippen molar-refractivity contribution in [3.05, 3.63) is 0 Å². The molecule has 1 aromatic heterocycles. The lowest BCUT2D eigenvalue weighted by atomic mass is 10.2. The third-order valence-corrected chi connectivity index (χ3v) is 2.59. The number of anilines is 2. The maximum atomic E-state index is 8.91. The fraction of sp³-hybridized carbons (Fsp3) is 0.714. The molecule has 7 heteroatoms. The van der Waals surface area contributed by atoms with Crippen LogP contribution >= 0.6 is 0 Å². The zero-order valence-electron chi connectivity index (χ0n) is 13.4. The third kappa shape index (κ3) is 5.81. The van der Waals surface area contributed by atoms with Gasteiger partial charge in [0.15, 0.2) is 0 Å². The van der Waals surface area contributed by atoms with E-state index in [-0.39, 0.29) is 12.0 Å². The lowest BCUT2D eigenvalue weighted by molar-refractivity contribution is 0.222. The second kappa shape index (κ2) is 8.25. The average Bonchev–Trinajstić information content (AvgIpc) is 2.43. The van der Waals surface area contributed by atoms with Crippen LogP contribution in [0.5, 0.6) is 6.01 Å². The molecule has 1 heterocycles. The summed E-state index contributed by atoms with van der Waals surface area (Å²) in [7, 11) is 1.85. The van der Waals surface area contributed by atoms with Crippen LogP contribution in [0.15, 0.2) is 0 Å². The van der Waals surface area contributed by atoms with Gasteiger partial charge in [-0.25, -0.2) is 0 Å². The second-order valence-electron chi connectivity index (χ2n) is 5.25. The predicted octanol–water partition coefficient (Wildman–Crippen LogP) is 2.08. The van der Waals surface area contributed by atoms with Gasteiger partial charge in [-0.05, 0) is 27.2 Å². The molecule has 0 radical (unpaired) electrons. The molecular weight excluding hydrogens is 268 g/mol. The maximum Gasteiger partial charge on any atom is 0.323 e. The average molecular weight is 292 g/mol. The number of hydrogen-bond acceptors (Lipinski definition) is 7. The Kier molecular flexibility index (Phi) is 6.66. The molecular formula is C14H24N6O. The molecule has 1 N–H and O–H groups in total. The van der Waals surface area contributed by atoms with Crippen LogP contribution in [0.2, 0.25) is 0 Å². The number of aromatic nitrogens is 3. The zero-order valence-corrected chi connectivity index (χ0v) is 13.4. The summed E-state index contributed by atoms with van der Waals surface area (Å²) in [6.07, 6.45) is 0.963. The van der Waals surface area contributed by atoms with Gasteiger partial charge in [-0.1, -0.05) is 6.92 Å². The molecule has 0 aliphatic heterocycles. The van der Waals surface area contributed by atoms with Gasteiger partial charge in [0.25, 0.3) is 0 Å². The molecule has 1 unspecified atom stereocenters. The van der Waals surface area contributed by atoms with E-state index in [1.807, 2.05) is 32.7 Å². The van der Waals surface area contributed by atoms with Crippen LogP contribution in [0, 0.1) is 17.2 Å². The Labute approximate surface area is 126 Å². The first-order chi connectivity index (χ1) is 9.96. The minimum absolute atomic E-state index is 0.0115. The largest absolute Gasteiger partial charge is 0.461 e. The topological polar surface area (TPSA) is 87.0 Å². The Morgan fingerprint density at radius 3 is 2.57 bits per heavy atom. The van der Waals surface area contributed by atoms with Crippen molar-refractivity contribution >= 4 is 11.9 Å². The van der Waals surface area contributed by atoms with E-state index in [1.165, 1.54) is 0 Å². The predicted molar refractivity (Wildman–Crippen MR) is 82.4 cm³/mol. The molecule has 1 aromatic rings. The van der Waals surface area contributed by atoms with Gasteiger partial charge >= 0.3 is 6.01 Å². The quantitative estimate of drug-likeness (QED) is 0.784. The van der Waals surface area contributed by atoms with Gasteiger partial charge < -0.3 is 15.0 Å². The Bertz CT molecular complexity index is 485. The number of ether oxygens (including phenoxy) is 1. The summed E-state index contributed by atoms with van der Waals surface area (Å²) in [5.41, 5.74) is 0. The highest BCUT2D eigenvalue weighted by Gasteiger charge is 2.14. The van der Waals surface area contributed by atoms with Crippen molar-refractivity contribution in [2.45, 2.75) is 40.2 Å². The molecule has 0 saturated heterocycles. The highest BCUT2D eigenvalue weighted by molar-refractivity contribution is 5.38. The molecule has 0 amide bonds. The molecule has 116 valence electrons. The fourth-order valence-electron chi connectivity index (χ4n) is 1.63. The van der Waals surface area contributed by atoms with E-state index in [1.54, 1.807) is 0 Å². The lowest BCUT2D eigenvalue weighted by Gasteiger charge is -2.19. The first kappa shape index (κ1) is 17.0. The Hall–Kier alpha value is -2.10. The second-order valence-corrected chi connectivity index (χ2v) is 5.25. The summed E-state index contributed by atoms with van der Waals surface area (Å²) in [6, 6.07) is 2.50. The van der Waals surface area contributed by atoms with Crippen LogP contribution in [0.4, 0.5) is 11.9 Å². The maximum absolute atomic E-state index is 8.91. The molecule has 7 nitrogen and oxygen atoms in total. The first-order valence-corrected chi connectivity index (χ1v) is 7.23. The van der Waals surface area contributed by atoms with Gasteiger partial charge in [0.1, 0.15) is 0 Å². The SMILES string of the molecule is CCCNc1nc(OC(C)C)nc(N(C)CC(C)C#N)n1. The van der Waals surface area contributed by atoms with Crippen LogP contribution in [0.3, 0.4) is 0 Å². The summed E-state index contributed by atoms with van der Waals surface area (Å²) in [5, 5.41) is 12.0. The number of nitriles is 1. The smallest absolute Gasteiger partial charge is 0.323 e. The van der Waals surface area contributed by atoms with Crippen LogP contribution in [0.1, 0.15) is 34.1 Å². The number of rotatable bonds is 8. The van der Waals surface area contributed by atoms with Gasteiger partial charge in [-0.2, -0.15) is 20.2 Å². The standard InChI is InChI=1S/C14H24N6O/c1-6-7-16-12-17-13(20(5)9-11(4)8-15)19-14(18-12)21-10(2)3/h10-11H,6-7,9H2,1-5H3,(H,16,17,18,19). The van der Waals surface area contributed by atoms with E-state index < -0.39 is 0 Å². The Morgan fingerprint density at radius 2 is 2.00 bits per heavy atom. The van der Waals surface area contributed by atoms with Gasteiger partial charge in [0, 0.05) is 20.1 Å². The highest BCUT2D eigenvalue weighted by atomic mass is 16.5. The van der Waals surface area contributed by atoms with Crippen molar-refractivity contribution in [1.29, 1.82) is 5.26 Å². The van der Waals surface area contributed by atoms with Crippen LogP contribution in [0.25, 0.3) is 0 Å². The van der Waals surface area contributed by atoms with E-state index in [0.29, 0.717) is 24.5 Å². The van der Waals surface area contributed by atoms with E-state index in [4.69, 9.17) is 10.00 Å². The van der Waals surface area contributed by atoms with Gasteiger partial charge in [-0.3, -0.25) is 0 Å². The van der Waals surface area contributed by atoms with Gasteiger partial charge in [0.05, 0.1) is 18.1 Å². The van der Waals surface area contributed by atoms with E-state index >= 15 is 0 Å². The molecule has 21 heavy (non-hydrogen) atoms. The van der Waals surface area contributed by atoms with Crippen molar-refractivity contribution in [2.24, 2.45) is 5.92 Å². The summed E-state index contributed by atoms with van der Waals surface area (Å²) in [4.78, 5) is 14.7. The molecule has 0 bridgehead atoms. The van der Waals surface area contributed by atoms with Crippen LogP contribution < -0.4 is 15.0 Å². The van der Waals surface area contributed by atoms with E-state index in [9.17, 15) is 0 Å². The highest BCUT2D eigenvalue weighted by Crippen LogP contribution is 2.16. The molecule has 0 aromatic carbocycles. The van der Waals surface area contributed by atoms with Crippen LogP contribution in [-0.2, 0) is 0 Å². The van der Waals surface area contributed by atoms with Gasteiger partial charge in [-0.15, -0.1) is 0 Å². The molecule has 1 atom stereocenters. The van der Waals surface area contributed by atoms with Crippen molar-refractivity contribution in [1.82, 2.24) is 15.0 Å². The van der Waals surface area contributed by atoms with E-state index in [0.717, 1.165) is 13.0 Å². The molecule has 0 spiro atoms. The fourth-order valence-corrected chi connectivity index (χ4v) is 1.63.